The monoisotopic (exact) mass is 245 g/mol. The Morgan fingerprint density at radius 2 is 1.88 bits per heavy atom. The number of hydrogen-bond acceptors (Lipinski definition) is 4. The topological polar surface area (TPSA) is 69.4 Å². The molecule has 2 atom stereocenters. The first-order valence-electron chi connectivity index (χ1n) is 5.67. The molecule has 2 unspecified atom stereocenters. The summed E-state index contributed by atoms with van der Waals surface area (Å²) >= 11 is 0. The molecular weight excluding hydrogens is 226 g/mol. The van der Waals surface area contributed by atoms with Crippen molar-refractivity contribution in [1.82, 2.24) is 0 Å². The molecule has 1 rings (SSSR count). The maximum atomic E-state index is 11.8. The van der Waals surface area contributed by atoms with Crippen molar-refractivity contribution in [1.29, 1.82) is 0 Å². The second-order valence-electron chi connectivity index (χ2n) is 5.28. The molecule has 0 aromatic heterocycles. The lowest BCUT2D eigenvalue weighted by molar-refractivity contribution is -0.532. The van der Waals surface area contributed by atoms with Crippen LogP contribution < -0.4 is 0 Å². The molecule has 16 heavy (non-hydrogen) atoms. The highest BCUT2D eigenvalue weighted by atomic mass is 28.4. The minimum absolute atomic E-state index is 0.324. The summed E-state index contributed by atoms with van der Waals surface area (Å²) in [6.07, 6.45) is 2.81. The molecule has 0 aliphatic heterocycles. The van der Waals surface area contributed by atoms with E-state index in [1.54, 1.807) is 0 Å². The van der Waals surface area contributed by atoms with Crippen LogP contribution in [0.3, 0.4) is 0 Å². The van der Waals surface area contributed by atoms with Crippen LogP contribution in [0, 0.1) is 16.0 Å². The van der Waals surface area contributed by atoms with Gasteiger partial charge < -0.3 is 4.43 Å². The highest BCUT2D eigenvalue weighted by Crippen LogP contribution is 2.28. The number of nitro groups is 1. The molecule has 0 aromatic rings. The Balaban J connectivity index is 2.68. The van der Waals surface area contributed by atoms with Crippen molar-refractivity contribution in [3.8, 4) is 0 Å². The maximum absolute atomic E-state index is 11.8. The molecule has 5 nitrogen and oxygen atoms in total. The lowest BCUT2D eigenvalue weighted by Gasteiger charge is -2.27. The summed E-state index contributed by atoms with van der Waals surface area (Å²) in [6, 6.07) is -0.738. The second-order valence-corrected chi connectivity index (χ2v) is 9.71. The predicted molar refractivity (Wildman–Crippen MR) is 62.2 cm³/mol. The van der Waals surface area contributed by atoms with Gasteiger partial charge in [0.25, 0.3) is 0 Å². The third kappa shape index (κ3) is 3.59. The molecule has 0 spiro atoms. The lowest BCUT2D eigenvalue weighted by atomic mass is 9.85. The molecular formula is C10H19NO4Si. The molecule has 92 valence electrons. The second kappa shape index (κ2) is 4.95. The molecule has 6 heteroatoms. The van der Waals surface area contributed by atoms with Gasteiger partial charge in [0.15, 0.2) is 0 Å². The van der Waals surface area contributed by atoms with E-state index in [1.165, 1.54) is 0 Å². The van der Waals surface area contributed by atoms with Gasteiger partial charge in [-0.25, -0.2) is 0 Å². The summed E-state index contributed by atoms with van der Waals surface area (Å²) in [7, 11) is -1.94. The smallest absolute Gasteiger partial charge is 0.302 e. The first-order chi connectivity index (χ1) is 7.31. The third-order valence-corrected chi connectivity index (χ3v) is 3.52. The number of carbonyl (C=O) groups is 1. The summed E-state index contributed by atoms with van der Waals surface area (Å²) in [5, 5.41) is 10.8. The van der Waals surface area contributed by atoms with Crippen LogP contribution in [-0.2, 0) is 9.22 Å². The first-order valence-corrected chi connectivity index (χ1v) is 9.08. The van der Waals surface area contributed by atoms with Crippen LogP contribution in [0.1, 0.15) is 25.7 Å². The molecule has 0 aromatic carbocycles. The fraction of sp³-hybridized carbons (Fsp3) is 0.900. The Kier molecular flexibility index (Phi) is 4.07. The number of nitrogens with zero attached hydrogens (tertiary/aromatic N) is 1. The van der Waals surface area contributed by atoms with E-state index in [4.69, 9.17) is 4.43 Å². The van der Waals surface area contributed by atoms with Gasteiger partial charge in [-0.05, 0) is 32.5 Å². The average Bonchev–Trinajstić information content (AvgIpc) is 2.15. The zero-order chi connectivity index (χ0) is 12.3. The van der Waals surface area contributed by atoms with Gasteiger partial charge in [0.05, 0.1) is 0 Å². The van der Waals surface area contributed by atoms with Gasteiger partial charge in [-0.15, -0.1) is 0 Å². The van der Waals surface area contributed by atoms with Crippen LogP contribution in [0.4, 0.5) is 0 Å². The first kappa shape index (κ1) is 13.2. The van der Waals surface area contributed by atoms with Gasteiger partial charge in [-0.2, -0.15) is 0 Å². The maximum Gasteiger partial charge on any atom is 0.302 e. The van der Waals surface area contributed by atoms with Gasteiger partial charge in [0.1, 0.15) is 5.92 Å². The average molecular weight is 245 g/mol. The van der Waals surface area contributed by atoms with E-state index in [9.17, 15) is 14.9 Å². The molecule has 0 N–H and O–H groups in total. The van der Waals surface area contributed by atoms with Crippen molar-refractivity contribution in [3.05, 3.63) is 10.1 Å². The Morgan fingerprint density at radius 3 is 2.38 bits per heavy atom. The van der Waals surface area contributed by atoms with Gasteiger partial charge in [-0.1, -0.05) is 6.42 Å². The Labute approximate surface area is 96.5 Å². The molecule has 1 saturated carbocycles. The van der Waals surface area contributed by atoms with Crippen molar-refractivity contribution in [2.45, 2.75) is 51.4 Å². The van der Waals surface area contributed by atoms with Crippen LogP contribution in [0.5, 0.6) is 0 Å². The van der Waals surface area contributed by atoms with Crippen LogP contribution in [-0.4, -0.2) is 25.3 Å². The summed E-state index contributed by atoms with van der Waals surface area (Å²) in [6.45, 7) is 5.73. The summed E-state index contributed by atoms with van der Waals surface area (Å²) < 4.78 is 5.35. The summed E-state index contributed by atoms with van der Waals surface area (Å²) in [5.41, 5.74) is 0. The van der Waals surface area contributed by atoms with Gasteiger partial charge >= 0.3 is 5.97 Å². The Bertz CT molecular complexity index is 287. The largest absolute Gasteiger partial charge is 0.519 e. The standard InChI is InChI=1S/C10H19NO4Si/c1-16(2,3)15-10(12)8-6-4-5-7-9(8)11(13)14/h8-9H,4-7H2,1-3H3. The van der Waals surface area contributed by atoms with E-state index in [2.05, 4.69) is 0 Å². The summed E-state index contributed by atoms with van der Waals surface area (Å²) in [5.74, 6) is -0.893. The minimum atomic E-state index is -1.94. The number of rotatable bonds is 3. The highest BCUT2D eigenvalue weighted by Gasteiger charge is 2.41. The third-order valence-electron chi connectivity index (χ3n) is 2.71. The SMILES string of the molecule is C[Si](C)(C)OC(=O)C1CCCCC1[N+](=O)[O-]. The predicted octanol–water partition coefficient (Wildman–Crippen LogP) is 2.20. The molecule has 0 saturated heterocycles. The lowest BCUT2D eigenvalue weighted by Crippen LogP contribution is -2.42. The quantitative estimate of drug-likeness (QED) is 0.434. The van der Waals surface area contributed by atoms with Crippen LogP contribution in [0.2, 0.25) is 19.6 Å². The molecule has 0 radical (unpaired) electrons. The van der Waals surface area contributed by atoms with Crippen molar-refractivity contribution < 1.29 is 14.1 Å². The highest BCUT2D eigenvalue weighted by molar-refractivity contribution is 6.71. The van der Waals surface area contributed by atoms with E-state index in [0.29, 0.717) is 12.8 Å². The van der Waals surface area contributed by atoms with Gasteiger partial charge in [0.2, 0.25) is 14.4 Å². The van der Waals surface area contributed by atoms with Crippen molar-refractivity contribution >= 4 is 14.3 Å². The van der Waals surface area contributed by atoms with Crippen LogP contribution >= 0.6 is 0 Å². The minimum Gasteiger partial charge on any atom is -0.519 e. The van der Waals surface area contributed by atoms with Crippen molar-refractivity contribution in [2.75, 3.05) is 0 Å². The number of carbonyl (C=O) groups excluding carboxylic acids is 1. The normalized spacial score (nSPS) is 26.2. The van der Waals surface area contributed by atoms with E-state index < -0.39 is 20.3 Å². The van der Waals surface area contributed by atoms with Crippen LogP contribution in [0.25, 0.3) is 0 Å². The molecule has 1 aliphatic carbocycles. The molecule has 0 amide bonds. The fourth-order valence-corrected chi connectivity index (χ4v) is 2.77. The fourth-order valence-electron chi connectivity index (χ4n) is 2.02. The van der Waals surface area contributed by atoms with Crippen LogP contribution in [0.15, 0.2) is 0 Å². The molecule has 1 fully saturated rings. The van der Waals surface area contributed by atoms with Gasteiger partial charge in [-0.3, -0.25) is 14.9 Å². The zero-order valence-electron chi connectivity index (χ0n) is 10.1. The summed E-state index contributed by atoms with van der Waals surface area (Å²) in [4.78, 5) is 22.4. The van der Waals surface area contributed by atoms with E-state index in [1.807, 2.05) is 19.6 Å². The van der Waals surface area contributed by atoms with Crippen molar-refractivity contribution in [2.24, 2.45) is 5.92 Å². The Hall–Kier alpha value is -0.913. The number of hydrogen-bond donors (Lipinski definition) is 0. The Morgan fingerprint density at radius 1 is 1.31 bits per heavy atom. The van der Waals surface area contributed by atoms with Crippen molar-refractivity contribution in [3.63, 3.8) is 0 Å². The van der Waals surface area contributed by atoms with E-state index in [-0.39, 0.29) is 10.9 Å². The molecule has 0 heterocycles. The molecule has 0 bridgehead atoms. The van der Waals surface area contributed by atoms with E-state index >= 15 is 0 Å². The van der Waals surface area contributed by atoms with Gasteiger partial charge in [0, 0.05) is 11.3 Å². The molecule has 1 aliphatic rings. The zero-order valence-corrected chi connectivity index (χ0v) is 11.1. The van der Waals surface area contributed by atoms with E-state index in [0.717, 1.165) is 12.8 Å².